The maximum Gasteiger partial charge on any atom is 0.131 e. The molecule has 0 saturated heterocycles. The van der Waals surface area contributed by atoms with Crippen molar-refractivity contribution in [1.82, 2.24) is 4.98 Å². The van der Waals surface area contributed by atoms with Gasteiger partial charge < -0.3 is 16.0 Å². The van der Waals surface area contributed by atoms with Crippen molar-refractivity contribution in [2.24, 2.45) is 5.73 Å². The van der Waals surface area contributed by atoms with E-state index >= 15 is 0 Å². The van der Waals surface area contributed by atoms with E-state index in [1.807, 2.05) is 0 Å². The summed E-state index contributed by atoms with van der Waals surface area (Å²) in [5.41, 5.74) is 10.6. The lowest BCUT2D eigenvalue weighted by molar-refractivity contribution is 0.808. The molecule has 0 bridgehead atoms. The highest BCUT2D eigenvalue weighted by molar-refractivity contribution is 7.98. The van der Waals surface area contributed by atoms with Gasteiger partial charge in [0, 0.05) is 48.2 Å². The topological polar surface area (TPSA) is 54.2 Å². The van der Waals surface area contributed by atoms with Gasteiger partial charge in [-0.2, -0.15) is 0 Å². The van der Waals surface area contributed by atoms with Crippen LogP contribution >= 0.6 is 11.8 Å². The molecule has 4 nitrogen and oxygen atoms in total. The zero-order valence-corrected chi connectivity index (χ0v) is 17.9. The summed E-state index contributed by atoms with van der Waals surface area (Å²) in [4.78, 5) is 8.56. The molecule has 0 radical (unpaired) electrons. The van der Waals surface area contributed by atoms with Gasteiger partial charge in [0.2, 0.25) is 0 Å². The molecule has 0 amide bonds. The number of nitrogens with two attached hydrogens (primary N) is 1. The van der Waals surface area contributed by atoms with Gasteiger partial charge in [0.25, 0.3) is 0 Å². The summed E-state index contributed by atoms with van der Waals surface area (Å²) in [6, 6.07) is 17.3. The van der Waals surface area contributed by atoms with Crippen LogP contribution in [0, 0.1) is 0 Å². The van der Waals surface area contributed by atoms with Crippen molar-refractivity contribution in [2.45, 2.75) is 31.7 Å². The number of rotatable bonds is 9. The number of hydrogen-bond donors (Lipinski definition) is 2. The Hall–Kier alpha value is -2.24. The van der Waals surface area contributed by atoms with Crippen molar-refractivity contribution < 1.29 is 0 Å². The second-order valence-electron chi connectivity index (χ2n) is 6.76. The molecule has 2 aromatic carbocycles. The summed E-state index contributed by atoms with van der Waals surface area (Å²) in [6.45, 7) is 7.50. The van der Waals surface area contributed by atoms with E-state index in [-0.39, 0.29) is 0 Å². The van der Waals surface area contributed by atoms with Gasteiger partial charge in [-0.3, -0.25) is 0 Å². The molecule has 3 aromatic rings. The van der Waals surface area contributed by atoms with E-state index in [2.05, 4.69) is 78.9 Å². The van der Waals surface area contributed by atoms with Crippen LogP contribution in [0.5, 0.6) is 0 Å². The molecule has 0 unspecified atom stereocenters. The van der Waals surface area contributed by atoms with Crippen LogP contribution in [0.15, 0.2) is 53.4 Å². The highest BCUT2D eigenvalue weighted by atomic mass is 32.2. The van der Waals surface area contributed by atoms with Gasteiger partial charge in [0.1, 0.15) is 5.82 Å². The molecule has 1 aromatic heterocycles. The van der Waals surface area contributed by atoms with Crippen molar-refractivity contribution in [3.63, 3.8) is 0 Å². The molecule has 0 aliphatic heterocycles. The van der Waals surface area contributed by atoms with Gasteiger partial charge in [0.15, 0.2) is 0 Å². The predicted octanol–water partition coefficient (Wildman–Crippen LogP) is 4.92. The molecule has 0 saturated carbocycles. The van der Waals surface area contributed by atoms with E-state index in [4.69, 9.17) is 10.7 Å². The Balaban J connectivity index is 2.02. The maximum absolute atomic E-state index is 5.74. The summed E-state index contributed by atoms with van der Waals surface area (Å²) in [5.74, 6) is 0.998. The Labute approximate surface area is 172 Å². The van der Waals surface area contributed by atoms with Crippen molar-refractivity contribution >= 4 is 34.2 Å². The Morgan fingerprint density at radius 3 is 2.54 bits per heavy atom. The average Bonchev–Trinajstić information content (AvgIpc) is 2.75. The Morgan fingerprint density at radius 2 is 1.86 bits per heavy atom. The number of benzene rings is 2. The standard InChI is InChI=1S/C23H30N4S/c1-4-17-8-6-7-9-18(17)16-27(5-2)23-15-22(25-13-12-24)20-14-19(28-3)10-11-21(20)26-23/h6-11,14-15H,4-5,12-13,16,24H2,1-3H3,(H,25,26). The fourth-order valence-corrected chi connectivity index (χ4v) is 3.89. The van der Waals surface area contributed by atoms with Crippen LogP contribution in [-0.2, 0) is 13.0 Å². The molecule has 3 N–H and O–H groups in total. The van der Waals surface area contributed by atoms with Crippen LogP contribution in [-0.4, -0.2) is 30.9 Å². The zero-order chi connectivity index (χ0) is 19.9. The minimum atomic E-state index is 0.600. The van der Waals surface area contributed by atoms with E-state index in [1.54, 1.807) is 11.8 Å². The molecule has 0 aliphatic rings. The van der Waals surface area contributed by atoms with Crippen molar-refractivity contribution in [2.75, 3.05) is 36.1 Å². The van der Waals surface area contributed by atoms with E-state index in [0.717, 1.165) is 48.5 Å². The number of anilines is 2. The number of nitrogens with one attached hydrogen (secondary N) is 1. The molecule has 0 fully saturated rings. The monoisotopic (exact) mass is 394 g/mol. The Kier molecular flexibility index (Phi) is 7.18. The highest BCUT2D eigenvalue weighted by Gasteiger charge is 2.13. The van der Waals surface area contributed by atoms with Crippen LogP contribution in [0.25, 0.3) is 10.9 Å². The highest BCUT2D eigenvalue weighted by Crippen LogP contribution is 2.31. The van der Waals surface area contributed by atoms with Gasteiger partial charge in [-0.1, -0.05) is 31.2 Å². The first-order valence-corrected chi connectivity index (χ1v) is 11.2. The molecular formula is C23H30N4S. The number of aryl methyl sites for hydroxylation is 1. The van der Waals surface area contributed by atoms with Gasteiger partial charge in [0.05, 0.1) is 5.52 Å². The predicted molar refractivity (Wildman–Crippen MR) is 124 cm³/mol. The summed E-state index contributed by atoms with van der Waals surface area (Å²) in [5, 5.41) is 4.64. The first kappa shape index (κ1) is 20.5. The van der Waals surface area contributed by atoms with E-state index in [1.165, 1.54) is 16.0 Å². The first-order chi connectivity index (χ1) is 13.7. The number of hydrogen-bond acceptors (Lipinski definition) is 5. The normalized spacial score (nSPS) is 11.0. The fourth-order valence-electron chi connectivity index (χ4n) is 3.45. The summed E-state index contributed by atoms with van der Waals surface area (Å²) in [7, 11) is 0. The van der Waals surface area contributed by atoms with Crippen LogP contribution in [0.3, 0.4) is 0 Å². The van der Waals surface area contributed by atoms with Crippen molar-refractivity contribution in [3.8, 4) is 0 Å². The first-order valence-electron chi connectivity index (χ1n) is 9.94. The lowest BCUT2D eigenvalue weighted by Gasteiger charge is -2.25. The zero-order valence-electron chi connectivity index (χ0n) is 17.0. The Morgan fingerprint density at radius 1 is 1.07 bits per heavy atom. The largest absolute Gasteiger partial charge is 0.383 e. The quantitative estimate of drug-likeness (QED) is 0.505. The SMILES string of the molecule is CCc1ccccc1CN(CC)c1cc(NCCN)c2cc(SC)ccc2n1. The van der Waals surface area contributed by atoms with E-state index in [9.17, 15) is 0 Å². The third kappa shape index (κ3) is 4.59. The molecule has 148 valence electrons. The number of fused-ring (bicyclic) bond motifs is 1. The van der Waals surface area contributed by atoms with E-state index in [0.29, 0.717) is 6.54 Å². The number of pyridine rings is 1. The third-order valence-electron chi connectivity index (χ3n) is 5.03. The number of aromatic nitrogens is 1. The average molecular weight is 395 g/mol. The molecular weight excluding hydrogens is 364 g/mol. The molecule has 1 heterocycles. The van der Waals surface area contributed by atoms with Crippen LogP contribution in [0.2, 0.25) is 0 Å². The number of thioether (sulfide) groups is 1. The lowest BCUT2D eigenvalue weighted by Crippen LogP contribution is -2.24. The maximum atomic E-state index is 5.74. The van der Waals surface area contributed by atoms with Crippen LogP contribution in [0.1, 0.15) is 25.0 Å². The van der Waals surface area contributed by atoms with Crippen LogP contribution < -0.4 is 16.0 Å². The van der Waals surface area contributed by atoms with Gasteiger partial charge in [-0.05, 0) is 48.9 Å². The third-order valence-corrected chi connectivity index (χ3v) is 5.75. The minimum absolute atomic E-state index is 0.600. The second kappa shape index (κ2) is 9.80. The minimum Gasteiger partial charge on any atom is -0.383 e. The summed E-state index contributed by atoms with van der Waals surface area (Å²) in [6.07, 6.45) is 3.14. The van der Waals surface area contributed by atoms with Crippen molar-refractivity contribution in [3.05, 3.63) is 59.7 Å². The van der Waals surface area contributed by atoms with Crippen molar-refractivity contribution in [1.29, 1.82) is 0 Å². The van der Waals surface area contributed by atoms with Crippen LogP contribution in [0.4, 0.5) is 11.5 Å². The Bertz CT molecular complexity index is 926. The summed E-state index contributed by atoms with van der Waals surface area (Å²) >= 11 is 1.75. The fraction of sp³-hybridized carbons (Fsp3) is 0.348. The second-order valence-corrected chi connectivity index (χ2v) is 7.64. The molecule has 0 aliphatic carbocycles. The molecule has 3 rings (SSSR count). The molecule has 0 spiro atoms. The summed E-state index contributed by atoms with van der Waals surface area (Å²) < 4.78 is 0. The van der Waals surface area contributed by atoms with Gasteiger partial charge in [-0.25, -0.2) is 4.98 Å². The number of nitrogens with zero attached hydrogens (tertiary/aromatic N) is 2. The van der Waals surface area contributed by atoms with Gasteiger partial charge in [-0.15, -0.1) is 11.8 Å². The smallest absolute Gasteiger partial charge is 0.131 e. The molecule has 0 atom stereocenters. The van der Waals surface area contributed by atoms with E-state index < -0.39 is 0 Å². The van der Waals surface area contributed by atoms with Gasteiger partial charge >= 0.3 is 0 Å². The molecule has 5 heteroatoms. The lowest BCUT2D eigenvalue weighted by atomic mass is 10.0. The molecule has 28 heavy (non-hydrogen) atoms.